The number of hydrogen-bond acceptors (Lipinski definition) is 2. The van der Waals surface area contributed by atoms with E-state index in [9.17, 15) is 4.57 Å². The Morgan fingerprint density at radius 3 is 2.41 bits per heavy atom. The molecule has 17 heavy (non-hydrogen) atoms. The summed E-state index contributed by atoms with van der Waals surface area (Å²) < 4.78 is 18.5. The van der Waals surface area contributed by atoms with Gasteiger partial charge in [-0.25, -0.2) is 0 Å². The molecule has 0 aromatic heterocycles. The van der Waals surface area contributed by atoms with Crippen molar-refractivity contribution in [1.82, 2.24) is 0 Å². The second-order valence-corrected chi connectivity index (χ2v) is 6.74. The summed E-state index contributed by atoms with van der Waals surface area (Å²) in [5, 5.41) is 0.848. The maximum absolute atomic E-state index is 12.8. The predicted octanol–water partition coefficient (Wildman–Crippen LogP) is 3.67. The van der Waals surface area contributed by atoms with Crippen LogP contribution in [0.25, 0.3) is 11.1 Å². The zero-order valence-electron chi connectivity index (χ0n) is 9.59. The van der Waals surface area contributed by atoms with Crippen LogP contribution in [0.3, 0.4) is 0 Å². The summed E-state index contributed by atoms with van der Waals surface area (Å²) in [6.45, 7) is 1.91. The monoisotopic (exact) mass is 244 g/mol. The number of para-hydroxylation sites is 1. The number of rotatable bonds is 1. The molecule has 0 saturated heterocycles. The van der Waals surface area contributed by atoms with E-state index in [2.05, 4.69) is 0 Å². The topological polar surface area (TPSA) is 26.3 Å². The van der Waals surface area contributed by atoms with E-state index in [0.717, 1.165) is 22.2 Å². The molecule has 0 spiro atoms. The maximum atomic E-state index is 12.8. The third-order valence-corrected chi connectivity index (χ3v) is 5.56. The Bertz CT molecular complexity index is 619. The maximum Gasteiger partial charge on any atom is 0.277 e. The SMILES string of the molecule is CCP1(=O)Oc2ccccc2-c2ccccc21. The Morgan fingerprint density at radius 2 is 1.65 bits per heavy atom. The van der Waals surface area contributed by atoms with Crippen LogP contribution >= 0.6 is 7.37 Å². The predicted molar refractivity (Wildman–Crippen MR) is 70.3 cm³/mol. The van der Waals surface area contributed by atoms with E-state index in [-0.39, 0.29) is 0 Å². The molecule has 0 aliphatic carbocycles. The van der Waals surface area contributed by atoms with E-state index >= 15 is 0 Å². The average Bonchev–Trinajstić information content (AvgIpc) is 2.39. The van der Waals surface area contributed by atoms with E-state index in [0.29, 0.717) is 6.16 Å². The fourth-order valence-corrected chi connectivity index (χ4v) is 4.13. The van der Waals surface area contributed by atoms with Gasteiger partial charge in [0.25, 0.3) is 7.37 Å². The largest absolute Gasteiger partial charge is 0.439 e. The second kappa shape index (κ2) is 3.75. The van der Waals surface area contributed by atoms with E-state index < -0.39 is 7.37 Å². The lowest BCUT2D eigenvalue weighted by Gasteiger charge is -2.27. The van der Waals surface area contributed by atoms with E-state index in [1.165, 1.54) is 0 Å². The van der Waals surface area contributed by atoms with Gasteiger partial charge in [0.15, 0.2) is 0 Å². The number of benzene rings is 2. The van der Waals surface area contributed by atoms with Crippen LogP contribution in [0.5, 0.6) is 5.75 Å². The Balaban J connectivity index is 2.34. The summed E-state index contributed by atoms with van der Waals surface area (Å²) in [5.74, 6) is 0.733. The molecule has 2 aromatic carbocycles. The molecular formula is C14H13O2P. The molecule has 1 aliphatic rings. The lowest BCUT2D eigenvalue weighted by molar-refractivity contribution is 0.492. The third kappa shape index (κ3) is 1.52. The molecule has 1 atom stereocenters. The molecule has 1 unspecified atom stereocenters. The average molecular weight is 244 g/mol. The molecule has 2 nitrogen and oxygen atoms in total. The first kappa shape index (κ1) is 10.6. The van der Waals surface area contributed by atoms with Gasteiger partial charge >= 0.3 is 0 Å². The molecule has 0 saturated carbocycles. The van der Waals surface area contributed by atoms with Crippen molar-refractivity contribution in [2.45, 2.75) is 6.92 Å². The standard InChI is InChI=1S/C14H13O2P/c1-2-17(15)14-10-6-4-8-12(14)11-7-3-5-9-13(11)16-17/h3-10H,2H2,1H3. The minimum Gasteiger partial charge on any atom is -0.439 e. The van der Waals surface area contributed by atoms with Crippen LogP contribution in [0, 0.1) is 0 Å². The van der Waals surface area contributed by atoms with Crippen molar-refractivity contribution in [1.29, 1.82) is 0 Å². The van der Waals surface area contributed by atoms with Crippen LogP contribution in [-0.2, 0) is 4.57 Å². The first-order valence-electron chi connectivity index (χ1n) is 5.72. The van der Waals surface area contributed by atoms with E-state index in [1.807, 2.05) is 55.5 Å². The highest BCUT2D eigenvalue weighted by molar-refractivity contribution is 7.67. The van der Waals surface area contributed by atoms with Crippen LogP contribution in [0.1, 0.15) is 6.92 Å². The summed E-state index contributed by atoms with van der Waals surface area (Å²) in [6, 6.07) is 15.6. The highest BCUT2D eigenvalue weighted by Gasteiger charge is 2.33. The molecule has 0 fully saturated rings. The zero-order valence-corrected chi connectivity index (χ0v) is 10.5. The first-order valence-corrected chi connectivity index (χ1v) is 7.53. The second-order valence-electron chi connectivity index (χ2n) is 4.09. The molecule has 0 radical (unpaired) electrons. The van der Waals surface area contributed by atoms with Crippen LogP contribution < -0.4 is 9.83 Å². The summed E-state index contributed by atoms with van der Waals surface area (Å²) in [6.07, 6.45) is 0.526. The minimum atomic E-state index is -2.72. The Hall–Kier alpha value is -1.53. The molecule has 0 bridgehead atoms. The van der Waals surface area contributed by atoms with Crippen molar-refractivity contribution < 1.29 is 9.09 Å². The zero-order chi connectivity index (χ0) is 11.9. The van der Waals surface area contributed by atoms with Gasteiger partial charge in [-0.1, -0.05) is 43.3 Å². The number of fused-ring (bicyclic) bond motifs is 3. The molecule has 3 rings (SSSR count). The van der Waals surface area contributed by atoms with Gasteiger partial charge in [0.2, 0.25) is 0 Å². The van der Waals surface area contributed by atoms with Crippen molar-refractivity contribution in [2.75, 3.05) is 6.16 Å². The van der Waals surface area contributed by atoms with Gasteiger partial charge in [-0.3, -0.25) is 4.57 Å². The molecule has 0 amide bonds. The Kier molecular flexibility index (Phi) is 2.34. The Morgan fingerprint density at radius 1 is 1.00 bits per heavy atom. The van der Waals surface area contributed by atoms with Gasteiger partial charge in [0.05, 0.1) is 5.30 Å². The normalized spacial score (nSPS) is 21.2. The van der Waals surface area contributed by atoms with Crippen molar-refractivity contribution in [2.24, 2.45) is 0 Å². The van der Waals surface area contributed by atoms with Gasteiger partial charge in [0.1, 0.15) is 5.75 Å². The van der Waals surface area contributed by atoms with Gasteiger partial charge in [-0.2, -0.15) is 0 Å². The quantitative estimate of drug-likeness (QED) is 0.715. The fraction of sp³-hybridized carbons (Fsp3) is 0.143. The summed E-state index contributed by atoms with van der Waals surface area (Å²) >= 11 is 0. The first-order chi connectivity index (χ1) is 8.24. The van der Waals surface area contributed by atoms with Crippen molar-refractivity contribution in [3.05, 3.63) is 48.5 Å². The van der Waals surface area contributed by atoms with Crippen LogP contribution in [0.15, 0.2) is 48.5 Å². The fourth-order valence-electron chi connectivity index (χ4n) is 2.21. The van der Waals surface area contributed by atoms with Gasteiger partial charge < -0.3 is 4.52 Å². The van der Waals surface area contributed by atoms with E-state index in [1.54, 1.807) is 0 Å². The smallest absolute Gasteiger partial charge is 0.277 e. The van der Waals surface area contributed by atoms with Gasteiger partial charge in [-0.05, 0) is 17.7 Å². The lowest BCUT2D eigenvalue weighted by atomic mass is 10.0. The van der Waals surface area contributed by atoms with Crippen LogP contribution in [-0.4, -0.2) is 6.16 Å². The molecular weight excluding hydrogens is 231 g/mol. The highest BCUT2D eigenvalue weighted by atomic mass is 31.2. The van der Waals surface area contributed by atoms with Gasteiger partial charge in [0, 0.05) is 11.7 Å². The Labute approximate surface area is 101 Å². The molecule has 1 aliphatic heterocycles. The molecule has 2 aromatic rings. The third-order valence-electron chi connectivity index (χ3n) is 3.11. The highest BCUT2D eigenvalue weighted by Crippen LogP contribution is 2.53. The summed E-state index contributed by atoms with van der Waals surface area (Å²) in [5.41, 5.74) is 2.07. The minimum absolute atomic E-state index is 0.526. The van der Waals surface area contributed by atoms with Crippen LogP contribution in [0.4, 0.5) is 0 Å². The molecule has 86 valence electrons. The van der Waals surface area contributed by atoms with Crippen molar-refractivity contribution in [3.63, 3.8) is 0 Å². The lowest BCUT2D eigenvalue weighted by Crippen LogP contribution is -2.18. The van der Waals surface area contributed by atoms with Crippen LogP contribution in [0.2, 0.25) is 0 Å². The van der Waals surface area contributed by atoms with Crippen molar-refractivity contribution in [3.8, 4) is 16.9 Å². The molecule has 3 heteroatoms. The molecule has 1 heterocycles. The summed E-state index contributed by atoms with van der Waals surface area (Å²) in [4.78, 5) is 0. The summed E-state index contributed by atoms with van der Waals surface area (Å²) in [7, 11) is -2.72. The van der Waals surface area contributed by atoms with Crippen molar-refractivity contribution >= 4 is 12.7 Å². The van der Waals surface area contributed by atoms with E-state index in [4.69, 9.17) is 4.52 Å². The molecule has 0 N–H and O–H groups in total. The number of hydrogen-bond donors (Lipinski definition) is 0. The van der Waals surface area contributed by atoms with Gasteiger partial charge in [-0.15, -0.1) is 0 Å².